The SMILES string of the molecule is CC[C@@H](O)[C@@H](OC(C)C)[C@@H](N)CC. The highest BCUT2D eigenvalue weighted by Gasteiger charge is 2.25. The van der Waals surface area contributed by atoms with Gasteiger partial charge in [-0.15, -0.1) is 0 Å². The quantitative estimate of drug-likeness (QED) is 0.662. The molecule has 0 aliphatic carbocycles. The van der Waals surface area contributed by atoms with Crippen LogP contribution in [0.25, 0.3) is 0 Å². The van der Waals surface area contributed by atoms with E-state index in [1.165, 1.54) is 0 Å². The molecule has 0 unspecified atom stereocenters. The summed E-state index contributed by atoms with van der Waals surface area (Å²) in [7, 11) is 0. The van der Waals surface area contributed by atoms with Crippen molar-refractivity contribution in [2.24, 2.45) is 5.73 Å². The largest absolute Gasteiger partial charge is 0.390 e. The maximum atomic E-state index is 9.66. The van der Waals surface area contributed by atoms with E-state index in [1.807, 2.05) is 27.7 Å². The fourth-order valence-corrected chi connectivity index (χ4v) is 1.26. The molecule has 0 rings (SSSR count). The first-order chi connectivity index (χ1) is 6.02. The topological polar surface area (TPSA) is 55.5 Å². The van der Waals surface area contributed by atoms with Crippen molar-refractivity contribution in [3.63, 3.8) is 0 Å². The summed E-state index contributed by atoms with van der Waals surface area (Å²) in [6, 6.07) is -0.0719. The molecular weight excluding hydrogens is 166 g/mol. The lowest BCUT2D eigenvalue weighted by Gasteiger charge is -2.29. The molecular formula is C10H23NO2. The molecule has 3 nitrogen and oxygen atoms in total. The molecule has 0 bridgehead atoms. The minimum absolute atomic E-state index is 0.0719. The Hall–Kier alpha value is -0.120. The first-order valence-corrected chi connectivity index (χ1v) is 5.12. The number of hydrogen-bond donors (Lipinski definition) is 2. The monoisotopic (exact) mass is 189 g/mol. The Labute approximate surface area is 81.3 Å². The fourth-order valence-electron chi connectivity index (χ4n) is 1.26. The maximum Gasteiger partial charge on any atom is 0.0987 e. The first-order valence-electron chi connectivity index (χ1n) is 5.12. The molecule has 80 valence electrons. The molecule has 0 amide bonds. The molecule has 3 atom stereocenters. The van der Waals surface area contributed by atoms with Crippen LogP contribution in [0.4, 0.5) is 0 Å². The lowest BCUT2D eigenvalue weighted by atomic mass is 10.0. The van der Waals surface area contributed by atoms with E-state index in [9.17, 15) is 5.11 Å². The van der Waals surface area contributed by atoms with Crippen molar-refractivity contribution >= 4 is 0 Å². The molecule has 0 aliphatic heterocycles. The molecule has 0 heterocycles. The van der Waals surface area contributed by atoms with E-state index in [2.05, 4.69) is 0 Å². The molecule has 0 fully saturated rings. The van der Waals surface area contributed by atoms with Crippen molar-refractivity contribution in [1.29, 1.82) is 0 Å². The van der Waals surface area contributed by atoms with E-state index in [0.717, 1.165) is 6.42 Å². The molecule has 0 aliphatic rings. The summed E-state index contributed by atoms with van der Waals surface area (Å²) in [6.45, 7) is 7.85. The van der Waals surface area contributed by atoms with Crippen LogP contribution in [0, 0.1) is 0 Å². The number of rotatable bonds is 6. The van der Waals surface area contributed by atoms with Crippen molar-refractivity contribution < 1.29 is 9.84 Å². The second-order valence-corrected chi connectivity index (χ2v) is 3.70. The molecule has 0 aromatic carbocycles. The van der Waals surface area contributed by atoms with Gasteiger partial charge in [0, 0.05) is 6.04 Å². The summed E-state index contributed by atoms with van der Waals surface area (Å²) in [5.41, 5.74) is 5.86. The second-order valence-electron chi connectivity index (χ2n) is 3.70. The van der Waals surface area contributed by atoms with Gasteiger partial charge in [-0.05, 0) is 26.7 Å². The summed E-state index contributed by atoms with van der Waals surface area (Å²) < 4.78 is 5.58. The predicted octanol–water partition coefficient (Wildman–Crippen LogP) is 1.29. The van der Waals surface area contributed by atoms with E-state index < -0.39 is 6.10 Å². The standard InChI is InChI=1S/C10H23NO2/c1-5-8(11)10(9(12)6-2)13-7(3)4/h7-10,12H,5-6,11H2,1-4H3/t8-,9+,10-/m0/s1. The van der Waals surface area contributed by atoms with E-state index in [-0.39, 0.29) is 18.2 Å². The third-order valence-corrected chi connectivity index (χ3v) is 2.12. The van der Waals surface area contributed by atoms with Gasteiger partial charge >= 0.3 is 0 Å². The number of ether oxygens (including phenoxy) is 1. The van der Waals surface area contributed by atoms with Gasteiger partial charge in [0.15, 0.2) is 0 Å². The van der Waals surface area contributed by atoms with Crippen molar-refractivity contribution in [1.82, 2.24) is 0 Å². The van der Waals surface area contributed by atoms with Crippen LogP contribution in [0.5, 0.6) is 0 Å². The first kappa shape index (κ1) is 12.9. The lowest BCUT2D eigenvalue weighted by Crippen LogP contribution is -2.45. The molecule has 0 saturated heterocycles. The highest BCUT2D eigenvalue weighted by atomic mass is 16.5. The van der Waals surface area contributed by atoms with E-state index in [4.69, 9.17) is 10.5 Å². The van der Waals surface area contributed by atoms with Gasteiger partial charge in [0.1, 0.15) is 0 Å². The smallest absolute Gasteiger partial charge is 0.0987 e. The molecule has 0 spiro atoms. The Kier molecular flexibility index (Phi) is 6.29. The van der Waals surface area contributed by atoms with Crippen LogP contribution in [-0.4, -0.2) is 29.5 Å². The van der Waals surface area contributed by atoms with E-state index in [1.54, 1.807) is 0 Å². The third kappa shape index (κ3) is 4.60. The predicted molar refractivity (Wildman–Crippen MR) is 54.6 cm³/mol. The molecule has 3 N–H and O–H groups in total. The number of hydrogen-bond acceptors (Lipinski definition) is 3. The number of aliphatic hydroxyl groups excluding tert-OH is 1. The van der Waals surface area contributed by atoms with Crippen molar-refractivity contribution in [3.8, 4) is 0 Å². The summed E-state index contributed by atoms with van der Waals surface area (Å²) >= 11 is 0. The summed E-state index contributed by atoms with van der Waals surface area (Å²) in [4.78, 5) is 0. The molecule has 13 heavy (non-hydrogen) atoms. The van der Waals surface area contributed by atoms with Crippen LogP contribution in [0.1, 0.15) is 40.5 Å². The minimum atomic E-state index is -0.447. The average Bonchev–Trinajstić information content (AvgIpc) is 2.11. The lowest BCUT2D eigenvalue weighted by molar-refractivity contribution is -0.0777. The summed E-state index contributed by atoms with van der Waals surface area (Å²) in [6.07, 6.45) is 0.954. The van der Waals surface area contributed by atoms with Crippen LogP contribution < -0.4 is 5.73 Å². The Balaban J connectivity index is 4.17. The van der Waals surface area contributed by atoms with Crippen LogP contribution >= 0.6 is 0 Å². The van der Waals surface area contributed by atoms with Gasteiger partial charge in [-0.1, -0.05) is 13.8 Å². The van der Waals surface area contributed by atoms with Gasteiger partial charge in [-0.2, -0.15) is 0 Å². The van der Waals surface area contributed by atoms with Crippen molar-refractivity contribution in [2.45, 2.75) is 64.9 Å². The Morgan fingerprint density at radius 2 is 1.77 bits per heavy atom. The van der Waals surface area contributed by atoms with Gasteiger partial charge in [0.2, 0.25) is 0 Å². The zero-order valence-electron chi connectivity index (χ0n) is 9.16. The van der Waals surface area contributed by atoms with Gasteiger partial charge in [-0.3, -0.25) is 0 Å². The third-order valence-electron chi connectivity index (χ3n) is 2.12. The molecule has 0 radical (unpaired) electrons. The highest BCUT2D eigenvalue weighted by Crippen LogP contribution is 2.11. The molecule has 0 aromatic rings. The van der Waals surface area contributed by atoms with Gasteiger partial charge in [0.25, 0.3) is 0 Å². The molecule has 0 aromatic heterocycles. The zero-order chi connectivity index (χ0) is 10.4. The highest BCUT2D eigenvalue weighted by molar-refractivity contribution is 4.79. The van der Waals surface area contributed by atoms with E-state index in [0.29, 0.717) is 6.42 Å². The minimum Gasteiger partial charge on any atom is -0.390 e. The van der Waals surface area contributed by atoms with Gasteiger partial charge in [0.05, 0.1) is 18.3 Å². The van der Waals surface area contributed by atoms with Gasteiger partial charge in [-0.25, -0.2) is 0 Å². The normalized spacial score (nSPS) is 18.7. The van der Waals surface area contributed by atoms with Crippen LogP contribution in [0.3, 0.4) is 0 Å². The summed E-state index contributed by atoms with van der Waals surface area (Å²) in [5.74, 6) is 0. The average molecular weight is 189 g/mol. The van der Waals surface area contributed by atoms with E-state index >= 15 is 0 Å². The molecule has 3 heteroatoms. The zero-order valence-corrected chi connectivity index (χ0v) is 9.16. The Bertz CT molecular complexity index is 118. The summed E-state index contributed by atoms with van der Waals surface area (Å²) in [5, 5.41) is 9.66. The second kappa shape index (κ2) is 6.35. The van der Waals surface area contributed by atoms with Crippen molar-refractivity contribution in [2.75, 3.05) is 0 Å². The van der Waals surface area contributed by atoms with Crippen molar-refractivity contribution in [3.05, 3.63) is 0 Å². The van der Waals surface area contributed by atoms with Crippen LogP contribution in [0.15, 0.2) is 0 Å². The molecule has 0 saturated carbocycles. The Morgan fingerprint density at radius 3 is 2.08 bits per heavy atom. The van der Waals surface area contributed by atoms with Crippen LogP contribution in [0.2, 0.25) is 0 Å². The maximum absolute atomic E-state index is 9.66. The fraction of sp³-hybridized carbons (Fsp3) is 1.00. The number of aliphatic hydroxyl groups is 1. The Morgan fingerprint density at radius 1 is 1.23 bits per heavy atom. The van der Waals surface area contributed by atoms with Crippen LogP contribution in [-0.2, 0) is 4.74 Å². The number of nitrogens with two attached hydrogens (primary N) is 1. The van der Waals surface area contributed by atoms with Gasteiger partial charge < -0.3 is 15.6 Å².